The predicted octanol–water partition coefficient (Wildman–Crippen LogP) is 0.152. The standard InChI is InChI=1S/C13H18N2O4/c1-8(16)12(13(18)19)15-11(17)7-4-9-2-5-10(14)6-3-9/h2-3,5-6,8,12,16H,4,7,14H2,1H3,(H,15,17)(H,18,19)/t8-,12+/m1/s1. The Bertz CT molecular complexity index is 442. The number of hydrogen-bond donors (Lipinski definition) is 4. The van der Waals surface area contributed by atoms with E-state index in [2.05, 4.69) is 5.32 Å². The lowest BCUT2D eigenvalue weighted by Gasteiger charge is -2.16. The number of aliphatic hydroxyl groups excluding tert-OH is 1. The van der Waals surface area contributed by atoms with Gasteiger partial charge in [0.2, 0.25) is 5.91 Å². The summed E-state index contributed by atoms with van der Waals surface area (Å²) in [5, 5.41) is 20.3. The molecule has 2 atom stereocenters. The molecule has 0 fully saturated rings. The molecule has 0 spiro atoms. The largest absolute Gasteiger partial charge is 0.480 e. The number of carbonyl (C=O) groups is 2. The minimum Gasteiger partial charge on any atom is -0.480 e. The van der Waals surface area contributed by atoms with Gasteiger partial charge in [0, 0.05) is 12.1 Å². The number of carboxylic acids is 1. The Hall–Kier alpha value is -2.08. The molecule has 0 aliphatic heterocycles. The van der Waals surface area contributed by atoms with Gasteiger partial charge in [-0.1, -0.05) is 12.1 Å². The number of hydrogen-bond acceptors (Lipinski definition) is 4. The number of carboxylic acid groups (broad SMARTS) is 1. The van der Waals surface area contributed by atoms with Crippen LogP contribution in [-0.2, 0) is 16.0 Å². The van der Waals surface area contributed by atoms with E-state index in [4.69, 9.17) is 10.8 Å². The maximum Gasteiger partial charge on any atom is 0.328 e. The molecule has 1 aromatic rings. The van der Waals surface area contributed by atoms with E-state index in [9.17, 15) is 14.7 Å². The average molecular weight is 266 g/mol. The molecule has 6 nitrogen and oxygen atoms in total. The van der Waals surface area contributed by atoms with E-state index in [1.807, 2.05) is 12.1 Å². The zero-order chi connectivity index (χ0) is 14.4. The van der Waals surface area contributed by atoms with Crippen molar-refractivity contribution in [3.8, 4) is 0 Å². The SMILES string of the molecule is C[C@@H](O)[C@H](NC(=O)CCc1ccc(N)cc1)C(=O)O. The molecule has 1 amide bonds. The van der Waals surface area contributed by atoms with E-state index in [-0.39, 0.29) is 6.42 Å². The Morgan fingerprint density at radius 2 is 1.89 bits per heavy atom. The molecule has 19 heavy (non-hydrogen) atoms. The van der Waals surface area contributed by atoms with Crippen molar-refractivity contribution in [2.75, 3.05) is 5.73 Å². The first-order valence-electron chi connectivity index (χ1n) is 5.95. The zero-order valence-corrected chi connectivity index (χ0v) is 10.7. The summed E-state index contributed by atoms with van der Waals surface area (Å²) in [6.07, 6.45) is -0.503. The number of anilines is 1. The summed E-state index contributed by atoms with van der Waals surface area (Å²) < 4.78 is 0. The monoisotopic (exact) mass is 266 g/mol. The van der Waals surface area contributed by atoms with Gasteiger partial charge >= 0.3 is 5.97 Å². The first kappa shape index (κ1) is 15.0. The van der Waals surface area contributed by atoms with Gasteiger partial charge in [-0.05, 0) is 31.0 Å². The zero-order valence-electron chi connectivity index (χ0n) is 10.7. The fourth-order valence-electron chi connectivity index (χ4n) is 1.58. The third-order valence-corrected chi connectivity index (χ3v) is 2.69. The first-order chi connectivity index (χ1) is 8.90. The van der Waals surface area contributed by atoms with Crippen molar-refractivity contribution in [3.63, 3.8) is 0 Å². The predicted molar refractivity (Wildman–Crippen MR) is 70.4 cm³/mol. The highest BCUT2D eigenvalue weighted by Crippen LogP contribution is 2.07. The van der Waals surface area contributed by atoms with Crippen molar-refractivity contribution < 1.29 is 19.8 Å². The second kappa shape index (κ2) is 6.75. The molecule has 0 heterocycles. The summed E-state index contributed by atoms with van der Waals surface area (Å²) in [5.41, 5.74) is 7.13. The molecule has 5 N–H and O–H groups in total. The second-order valence-corrected chi connectivity index (χ2v) is 4.37. The molecule has 0 aliphatic carbocycles. The molecular weight excluding hydrogens is 248 g/mol. The van der Waals surface area contributed by atoms with E-state index in [1.54, 1.807) is 12.1 Å². The maximum atomic E-state index is 11.6. The number of nitrogen functional groups attached to an aromatic ring is 1. The fraction of sp³-hybridized carbons (Fsp3) is 0.385. The van der Waals surface area contributed by atoms with Crippen LogP contribution in [0.25, 0.3) is 0 Å². The minimum atomic E-state index is -1.28. The molecule has 0 unspecified atom stereocenters. The fourth-order valence-corrected chi connectivity index (χ4v) is 1.58. The number of rotatable bonds is 6. The lowest BCUT2D eigenvalue weighted by atomic mass is 10.1. The molecule has 0 aromatic heterocycles. The van der Waals surface area contributed by atoms with Crippen LogP contribution >= 0.6 is 0 Å². The molecule has 1 aromatic carbocycles. The van der Waals surface area contributed by atoms with E-state index >= 15 is 0 Å². The highest BCUT2D eigenvalue weighted by Gasteiger charge is 2.24. The van der Waals surface area contributed by atoms with Gasteiger partial charge < -0.3 is 21.3 Å². The molecule has 1 rings (SSSR count). The van der Waals surface area contributed by atoms with Crippen LogP contribution in [-0.4, -0.2) is 34.2 Å². The van der Waals surface area contributed by atoms with Crippen LogP contribution in [0.3, 0.4) is 0 Å². The number of aryl methyl sites for hydroxylation is 1. The Morgan fingerprint density at radius 1 is 1.32 bits per heavy atom. The van der Waals surface area contributed by atoms with Gasteiger partial charge in [0.05, 0.1) is 6.10 Å². The van der Waals surface area contributed by atoms with Gasteiger partial charge in [-0.3, -0.25) is 4.79 Å². The number of aliphatic carboxylic acids is 1. The van der Waals surface area contributed by atoms with Crippen molar-refractivity contribution in [1.82, 2.24) is 5.32 Å². The number of nitrogens with one attached hydrogen (secondary N) is 1. The van der Waals surface area contributed by atoms with Crippen molar-refractivity contribution >= 4 is 17.6 Å². The molecule has 0 saturated carbocycles. The van der Waals surface area contributed by atoms with Crippen LogP contribution in [0.5, 0.6) is 0 Å². The lowest BCUT2D eigenvalue weighted by Crippen LogP contribution is -2.47. The molecule has 0 radical (unpaired) electrons. The number of nitrogens with two attached hydrogens (primary N) is 1. The van der Waals surface area contributed by atoms with E-state index < -0.39 is 24.0 Å². The van der Waals surface area contributed by atoms with E-state index in [0.717, 1.165) is 5.56 Å². The third kappa shape index (κ3) is 4.97. The van der Waals surface area contributed by atoms with Crippen LogP contribution in [0.4, 0.5) is 5.69 Å². The number of aliphatic hydroxyl groups is 1. The van der Waals surface area contributed by atoms with Crippen LogP contribution in [0.2, 0.25) is 0 Å². The van der Waals surface area contributed by atoms with Crippen LogP contribution in [0.15, 0.2) is 24.3 Å². The van der Waals surface area contributed by atoms with Crippen molar-refractivity contribution in [1.29, 1.82) is 0 Å². The molecule has 0 saturated heterocycles. The van der Waals surface area contributed by atoms with Gasteiger partial charge in [0.25, 0.3) is 0 Å². The van der Waals surface area contributed by atoms with E-state index in [0.29, 0.717) is 12.1 Å². The summed E-state index contributed by atoms with van der Waals surface area (Å²) >= 11 is 0. The Labute approximate surface area is 111 Å². The quantitative estimate of drug-likeness (QED) is 0.547. The normalized spacial score (nSPS) is 13.6. The Morgan fingerprint density at radius 3 is 2.37 bits per heavy atom. The van der Waals surface area contributed by atoms with Gasteiger partial charge in [-0.25, -0.2) is 4.79 Å². The minimum absolute atomic E-state index is 0.153. The summed E-state index contributed by atoms with van der Waals surface area (Å²) in [6, 6.07) is 5.82. The lowest BCUT2D eigenvalue weighted by molar-refractivity contribution is -0.144. The Balaban J connectivity index is 2.47. The molecule has 0 bridgehead atoms. The molecule has 6 heteroatoms. The number of carbonyl (C=O) groups excluding carboxylic acids is 1. The van der Waals surface area contributed by atoms with Crippen molar-refractivity contribution in [3.05, 3.63) is 29.8 Å². The smallest absolute Gasteiger partial charge is 0.328 e. The van der Waals surface area contributed by atoms with E-state index in [1.165, 1.54) is 6.92 Å². The summed E-state index contributed by atoms with van der Waals surface area (Å²) in [4.78, 5) is 22.4. The number of amides is 1. The number of benzene rings is 1. The molecule has 0 aliphatic rings. The summed E-state index contributed by atoms with van der Waals surface area (Å²) in [7, 11) is 0. The maximum absolute atomic E-state index is 11.6. The van der Waals surface area contributed by atoms with Crippen LogP contribution in [0, 0.1) is 0 Å². The van der Waals surface area contributed by atoms with Gasteiger partial charge in [0.15, 0.2) is 6.04 Å². The van der Waals surface area contributed by atoms with Crippen LogP contribution in [0.1, 0.15) is 18.9 Å². The summed E-state index contributed by atoms with van der Waals surface area (Å²) in [6.45, 7) is 1.32. The molecular formula is C13H18N2O4. The molecule has 104 valence electrons. The second-order valence-electron chi connectivity index (χ2n) is 4.37. The van der Waals surface area contributed by atoms with Crippen molar-refractivity contribution in [2.45, 2.75) is 31.9 Å². The highest BCUT2D eigenvalue weighted by atomic mass is 16.4. The highest BCUT2D eigenvalue weighted by molar-refractivity contribution is 5.84. The van der Waals surface area contributed by atoms with Crippen LogP contribution < -0.4 is 11.1 Å². The van der Waals surface area contributed by atoms with Crippen molar-refractivity contribution in [2.24, 2.45) is 0 Å². The van der Waals surface area contributed by atoms with Gasteiger partial charge in [-0.15, -0.1) is 0 Å². The van der Waals surface area contributed by atoms with Gasteiger partial charge in [-0.2, -0.15) is 0 Å². The topological polar surface area (TPSA) is 113 Å². The van der Waals surface area contributed by atoms with Gasteiger partial charge in [0.1, 0.15) is 0 Å². The Kier molecular flexibility index (Phi) is 5.32. The third-order valence-electron chi connectivity index (χ3n) is 2.69. The average Bonchev–Trinajstić information content (AvgIpc) is 2.34. The first-order valence-corrected chi connectivity index (χ1v) is 5.95. The summed E-state index contributed by atoms with van der Waals surface area (Å²) in [5.74, 6) is -1.67.